The Morgan fingerprint density at radius 3 is 2.07 bits per heavy atom. The average molecular weight is 224 g/mol. The molecule has 0 saturated carbocycles. The molecule has 0 bridgehead atoms. The Balaban J connectivity index is 4.48. The van der Waals surface area contributed by atoms with Gasteiger partial charge in [0, 0.05) is 0 Å². The molecule has 88 valence electrons. The van der Waals surface area contributed by atoms with Crippen LogP contribution in [0.2, 0.25) is 0 Å². The van der Waals surface area contributed by atoms with Gasteiger partial charge in [0.1, 0.15) is 0 Å². The SMILES string of the molecule is CCC(C)[C@@H](CC)C(=[SiH2])/C=C/C(C)(C)C. The van der Waals surface area contributed by atoms with Crippen molar-refractivity contribution in [1.29, 1.82) is 0 Å². The highest BCUT2D eigenvalue weighted by Gasteiger charge is 2.15. The molecule has 0 aliphatic carbocycles. The molecule has 0 N–H and O–H groups in total. The predicted octanol–water partition coefficient (Wildman–Crippen LogP) is 3.47. The van der Waals surface area contributed by atoms with E-state index >= 15 is 0 Å². The molecule has 0 aromatic carbocycles. The van der Waals surface area contributed by atoms with Gasteiger partial charge >= 0.3 is 0 Å². The van der Waals surface area contributed by atoms with E-state index in [1.807, 2.05) is 0 Å². The summed E-state index contributed by atoms with van der Waals surface area (Å²) in [4.78, 5) is 0. The molecule has 0 nitrogen and oxygen atoms in total. The van der Waals surface area contributed by atoms with Crippen molar-refractivity contribution in [3.8, 4) is 0 Å². The van der Waals surface area contributed by atoms with Crippen LogP contribution in [0.25, 0.3) is 0 Å². The van der Waals surface area contributed by atoms with Gasteiger partial charge in [-0.1, -0.05) is 65.3 Å². The zero-order chi connectivity index (χ0) is 12.1. The summed E-state index contributed by atoms with van der Waals surface area (Å²) in [7, 11) is 2.07. The Kier molecular flexibility index (Phi) is 6.34. The maximum Gasteiger partial charge on any atom is -0.0189 e. The number of hydrogen-bond donors (Lipinski definition) is 0. The van der Waals surface area contributed by atoms with E-state index in [0.717, 1.165) is 11.8 Å². The topological polar surface area (TPSA) is 0 Å². The van der Waals surface area contributed by atoms with Crippen LogP contribution < -0.4 is 0 Å². The predicted molar refractivity (Wildman–Crippen MR) is 75.4 cm³/mol. The van der Waals surface area contributed by atoms with Gasteiger partial charge in [-0.15, -0.1) is 0 Å². The van der Waals surface area contributed by atoms with E-state index in [4.69, 9.17) is 0 Å². The van der Waals surface area contributed by atoms with Crippen molar-refractivity contribution < 1.29 is 0 Å². The molecule has 0 heterocycles. The first-order valence-electron chi connectivity index (χ1n) is 6.19. The Labute approximate surface area is 99.2 Å². The van der Waals surface area contributed by atoms with Crippen LogP contribution >= 0.6 is 0 Å². The van der Waals surface area contributed by atoms with Crippen molar-refractivity contribution in [1.82, 2.24) is 0 Å². The molecule has 0 aliphatic heterocycles. The zero-order valence-corrected chi connectivity index (χ0v) is 12.8. The van der Waals surface area contributed by atoms with Gasteiger partial charge < -0.3 is 0 Å². The van der Waals surface area contributed by atoms with Crippen LogP contribution in [0.15, 0.2) is 12.2 Å². The van der Waals surface area contributed by atoms with Crippen molar-refractivity contribution in [3.05, 3.63) is 12.2 Å². The van der Waals surface area contributed by atoms with Crippen LogP contribution in [0.4, 0.5) is 0 Å². The van der Waals surface area contributed by atoms with Gasteiger partial charge in [0.15, 0.2) is 0 Å². The third-order valence-corrected chi connectivity index (χ3v) is 3.80. The van der Waals surface area contributed by atoms with E-state index in [9.17, 15) is 0 Å². The lowest BCUT2D eigenvalue weighted by molar-refractivity contribution is 0.434. The van der Waals surface area contributed by atoms with Crippen molar-refractivity contribution in [2.24, 2.45) is 17.3 Å². The maximum absolute atomic E-state index is 2.37. The summed E-state index contributed by atoms with van der Waals surface area (Å²) < 4.78 is 0. The molecule has 0 aromatic rings. The van der Waals surface area contributed by atoms with Crippen LogP contribution in [-0.2, 0) is 0 Å². The Bertz CT molecular complexity index is 220. The molecule has 0 rings (SSSR count). The lowest BCUT2D eigenvalue weighted by Crippen LogP contribution is -2.20. The molecular formula is C14H28Si. The fourth-order valence-corrected chi connectivity index (χ4v) is 2.60. The lowest BCUT2D eigenvalue weighted by atomic mass is 9.85. The average Bonchev–Trinajstić information content (AvgIpc) is 2.14. The van der Waals surface area contributed by atoms with Gasteiger partial charge in [-0.2, -0.15) is 0 Å². The Hall–Kier alpha value is -0.173. The summed E-state index contributed by atoms with van der Waals surface area (Å²) in [5.41, 5.74) is 0.305. The minimum atomic E-state index is 0.305. The van der Waals surface area contributed by atoms with Crippen LogP contribution in [0.5, 0.6) is 0 Å². The Morgan fingerprint density at radius 1 is 1.20 bits per heavy atom. The van der Waals surface area contributed by atoms with Crippen molar-refractivity contribution >= 4 is 15.0 Å². The van der Waals surface area contributed by atoms with Gasteiger partial charge in [-0.05, 0) is 33.5 Å². The van der Waals surface area contributed by atoms with Crippen LogP contribution in [0.1, 0.15) is 54.4 Å². The Morgan fingerprint density at radius 2 is 1.73 bits per heavy atom. The molecule has 0 fully saturated rings. The second-order valence-corrected chi connectivity index (χ2v) is 6.49. The van der Waals surface area contributed by atoms with Crippen molar-refractivity contribution in [3.63, 3.8) is 0 Å². The van der Waals surface area contributed by atoms with Crippen LogP contribution in [0, 0.1) is 17.3 Å². The number of allylic oxidation sites excluding steroid dienone is 2. The summed E-state index contributed by atoms with van der Waals surface area (Å²) >= 11 is 0. The second kappa shape index (κ2) is 6.42. The molecule has 0 radical (unpaired) electrons. The standard InChI is InChI=1S/C14H28Si/c1-7-11(3)12(8-2)13(15)9-10-14(4,5)6/h9-12H,7-8,15H2,1-6H3/b10-9+/t11?,12-/m1/s1. The van der Waals surface area contributed by atoms with Gasteiger partial charge in [0.25, 0.3) is 0 Å². The van der Waals surface area contributed by atoms with Gasteiger partial charge in [0.2, 0.25) is 0 Å². The third kappa shape index (κ3) is 6.09. The summed E-state index contributed by atoms with van der Waals surface area (Å²) in [6.07, 6.45) is 7.23. The van der Waals surface area contributed by atoms with E-state index < -0.39 is 0 Å². The number of hydrogen-bond acceptors (Lipinski definition) is 0. The highest BCUT2D eigenvalue weighted by molar-refractivity contribution is 6.42. The summed E-state index contributed by atoms with van der Waals surface area (Å²) in [6, 6.07) is 0. The maximum atomic E-state index is 2.37. The van der Waals surface area contributed by atoms with Crippen molar-refractivity contribution in [2.45, 2.75) is 54.4 Å². The minimum Gasteiger partial charge on any atom is -0.0793 e. The third-order valence-electron chi connectivity index (χ3n) is 3.04. The van der Waals surface area contributed by atoms with E-state index in [0.29, 0.717) is 5.41 Å². The minimum absolute atomic E-state index is 0.305. The van der Waals surface area contributed by atoms with Crippen LogP contribution in [0.3, 0.4) is 0 Å². The first-order chi connectivity index (χ1) is 6.81. The molecule has 15 heavy (non-hydrogen) atoms. The molecule has 1 unspecified atom stereocenters. The fourth-order valence-electron chi connectivity index (χ4n) is 1.80. The number of rotatable bonds is 5. The zero-order valence-electron chi connectivity index (χ0n) is 11.4. The van der Waals surface area contributed by atoms with E-state index in [2.05, 4.69) is 63.5 Å². The van der Waals surface area contributed by atoms with E-state index in [1.54, 1.807) is 5.17 Å². The largest absolute Gasteiger partial charge is 0.0793 e. The summed E-state index contributed by atoms with van der Waals surface area (Å²) in [5, 5.41) is 1.57. The molecule has 0 aliphatic rings. The first-order valence-corrected chi connectivity index (χ1v) is 6.90. The molecule has 2 atom stereocenters. The second-order valence-electron chi connectivity index (χ2n) is 5.67. The quantitative estimate of drug-likeness (QED) is 0.627. The highest BCUT2D eigenvalue weighted by atomic mass is 28.1. The van der Waals surface area contributed by atoms with Gasteiger partial charge in [-0.3, -0.25) is 0 Å². The summed E-state index contributed by atoms with van der Waals surface area (Å²) in [5.74, 6) is 1.58. The van der Waals surface area contributed by atoms with Gasteiger partial charge in [0.05, 0.1) is 0 Å². The lowest BCUT2D eigenvalue weighted by Gasteiger charge is -2.23. The van der Waals surface area contributed by atoms with Crippen molar-refractivity contribution in [2.75, 3.05) is 0 Å². The van der Waals surface area contributed by atoms with Gasteiger partial charge in [-0.25, -0.2) is 0 Å². The molecule has 0 amide bonds. The monoisotopic (exact) mass is 224 g/mol. The summed E-state index contributed by atoms with van der Waals surface area (Å²) in [6.45, 7) is 13.7. The molecular weight excluding hydrogens is 196 g/mol. The normalized spacial score (nSPS) is 16.7. The molecule has 0 saturated heterocycles. The molecule has 1 heteroatoms. The first kappa shape index (κ1) is 14.8. The molecule has 0 spiro atoms. The molecule has 0 aromatic heterocycles. The fraction of sp³-hybridized carbons (Fsp3) is 0.786. The van der Waals surface area contributed by atoms with E-state index in [1.165, 1.54) is 12.8 Å². The highest BCUT2D eigenvalue weighted by Crippen LogP contribution is 2.21. The van der Waals surface area contributed by atoms with E-state index in [-0.39, 0.29) is 0 Å². The smallest absolute Gasteiger partial charge is 0.0189 e. The van der Waals surface area contributed by atoms with Crippen LogP contribution in [-0.4, -0.2) is 15.0 Å².